The molecule has 31 heavy (non-hydrogen) atoms. The summed E-state index contributed by atoms with van der Waals surface area (Å²) < 4.78 is 19.4. The molecule has 3 nitrogen and oxygen atoms in total. The summed E-state index contributed by atoms with van der Waals surface area (Å²) in [5, 5.41) is 0. The van der Waals surface area contributed by atoms with E-state index in [1.807, 2.05) is 12.2 Å². The normalized spacial score (nSPS) is 44.1. The van der Waals surface area contributed by atoms with Gasteiger partial charge in [0.15, 0.2) is 0 Å². The zero-order chi connectivity index (χ0) is 21.9. The van der Waals surface area contributed by atoms with Crippen molar-refractivity contribution < 1.29 is 13.9 Å². The first-order chi connectivity index (χ1) is 14.9. The molecule has 0 aromatic heterocycles. The minimum absolute atomic E-state index is 0.00103. The van der Waals surface area contributed by atoms with Crippen LogP contribution in [0.2, 0.25) is 0 Å². The molecule has 2 saturated carbocycles. The summed E-state index contributed by atoms with van der Waals surface area (Å²) in [5.41, 5.74) is 2.48. The van der Waals surface area contributed by atoms with E-state index >= 15 is 0 Å². The molecule has 1 spiro atoms. The molecule has 5 rings (SSSR count). The maximum Gasteiger partial charge on any atom is 0.309 e. The number of halogens is 1. The van der Waals surface area contributed by atoms with Crippen molar-refractivity contribution in [3.8, 4) is 0 Å². The van der Waals surface area contributed by atoms with Gasteiger partial charge in [0, 0.05) is 17.5 Å². The zero-order valence-electron chi connectivity index (χ0n) is 18.9. The first kappa shape index (κ1) is 20.8. The minimum Gasteiger partial charge on any atom is -0.462 e. The Morgan fingerprint density at radius 1 is 1.32 bits per heavy atom. The van der Waals surface area contributed by atoms with Crippen LogP contribution in [0.15, 0.2) is 60.1 Å². The third kappa shape index (κ3) is 3.16. The van der Waals surface area contributed by atoms with Crippen LogP contribution in [-0.4, -0.2) is 28.6 Å². The van der Waals surface area contributed by atoms with Crippen LogP contribution < -0.4 is 0 Å². The molecule has 0 bridgehead atoms. The second-order valence-corrected chi connectivity index (χ2v) is 10.4. The lowest BCUT2D eigenvalue weighted by Gasteiger charge is -2.40. The summed E-state index contributed by atoms with van der Waals surface area (Å²) in [6.45, 7) is 10.6. The Labute approximate surface area is 185 Å². The molecule has 0 N–H and O–H groups in total. The average Bonchev–Trinajstić information content (AvgIpc) is 3.32. The number of allylic oxidation sites excluding steroid dienone is 9. The first-order valence-corrected chi connectivity index (χ1v) is 11.9. The molecule has 2 aliphatic heterocycles. The molecule has 0 aromatic rings. The Balaban J connectivity index is 1.45. The van der Waals surface area contributed by atoms with Crippen LogP contribution in [-0.2, 0) is 9.53 Å². The second kappa shape index (κ2) is 7.50. The molecule has 3 aliphatic carbocycles. The Hall–Kier alpha value is -2.10. The molecule has 5 aliphatic rings. The highest BCUT2D eigenvalue weighted by atomic mass is 19.1. The summed E-state index contributed by atoms with van der Waals surface area (Å²) in [6, 6.07) is 0.400. The largest absolute Gasteiger partial charge is 0.462 e. The topological polar surface area (TPSA) is 29.3 Å². The van der Waals surface area contributed by atoms with Gasteiger partial charge in [-0.1, -0.05) is 31.7 Å². The predicted octanol–water partition coefficient (Wildman–Crippen LogP) is 5.87. The van der Waals surface area contributed by atoms with Gasteiger partial charge in [-0.2, -0.15) is 0 Å². The lowest BCUT2D eigenvalue weighted by Crippen LogP contribution is -2.44. The molecule has 2 heterocycles. The van der Waals surface area contributed by atoms with Gasteiger partial charge in [-0.25, -0.2) is 4.39 Å². The summed E-state index contributed by atoms with van der Waals surface area (Å²) in [6.07, 6.45) is 16.7. The molecule has 8 atom stereocenters. The fraction of sp³-hybridized carbons (Fsp3) is 0.593. The van der Waals surface area contributed by atoms with E-state index in [0.29, 0.717) is 17.9 Å². The number of rotatable bonds is 4. The highest BCUT2D eigenvalue weighted by Crippen LogP contribution is 2.67. The molecular weight excluding hydrogens is 389 g/mol. The number of ether oxygens (including phenoxy) is 1. The van der Waals surface area contributed by atoms with E-state index in [9.17, 15) is 9.18 Å². The molecule has 2 saturated heterocycles. The monoisotopic (exact) mass is 423 g/mol. The number of fused-ring (bicyclic) bond motifs is 2. The van der Waals surface area contributed by atoms with Crippen molar-refractivity contribution in [3.63, 3.8) is 0 Å². The van der Waals surface area contributed by atoms with Crippen LogP contribution in [0.5, 0.6) is 0 Å². The van der Waals surface area contributed by atoms with Gasteiger partial charge in [0.2, 0.25) is 0 Å². The van der Waals surface area contributed by atoms with Gasteiger partial charge >= 0.3 is 5.97 Å². The van der Waals surface area contributed by atoms with Crippen molar-refractivity contribution >= 4 is 5.97 Å². The smallest absolute Gasteiger partial charge is 0.309 e. The van der Waals surface area contributed by atoms with E-state index in [2.05, 4.69) is 44.4 Å². The van der Waals surface area contributed by atoms with Crippen molar-refractivity contribution in [2.75, 3.05) is 0 Å². The molecule has 0 radical (unpaired) electrons. The van der Waals surface area contributed by atoms with Gasteiger partial charge in [0.05, 0.1) is 17.5 Å². The first-order valence-electron chi connectivity index (χ1n) is 11.9. The molecular formula is C27H34FNO2. The Morgan fingerprint density at radius 2 is 2.13 bits per heavy atom. The predicted molar refractivity (Wildman–Crippen MR) is 120 cm³/mol. The highest BCUT2D eigenvalue weighted by molar-refractivity contribution is 5.76. The zero-order valence-corrected chi connectivity index (χ0v) is 18.9. The second-order valence-electron chi connectivity index (χ2n) is 10.4. The molecule has 7 unspecified atom stereocenters. The number of cyclic esters (lactones) is 1. The maximum absolute atomic E-state index is 13.7. The van der Waals surface area contributed by atoms with E-state index < -0.39 is 0 Å². The fourth-order valence-electron chi connectivity index (χ4n) is 7.31. The molecule has 4 fully saturated rings. The third-order valence-corrected chi connectivity index (χ3v) is 8.71. The van der Waals surface area contributed by atoms with Crippen LogP contribution >= 0.6 is 0 Å². The number of carbonyl (C=O) groups is 1. The number of esters is 1. The Morgan fingerprint density at radius 3 is 2.87 bits per heavy atom. The van der Waals surface area contributed by atoms with Gasteiger partial charge < -0.3 is 9.64 Å². The van der Waals surface area contributed by atoms with Crippen LogP contribution in [0.4, 0.5) is 4.39 Å². The van der Waals surface area contributed by atoms with Crippen molar-refractivity contribution in [2.24, 2.45) is 29.6 Å². The number of carbonyl (C=O) groups excluding carboxylic acids is 1. The molecule has 0 aromatic carbocycles. The van der Waals surface area contributed by atoms with E-state index in [1.165, 1.54) is 31.0 Å². The molecule has 4 heteroatoms. The van der Waals surface area contributed by atoms with E-state index in [4.69, 9.17) is 4.74 Å². The van der Waals surface area contributed by atoms with Gasteiger partial charge in [-0.05, 0) is 81.6 Å². The van der Waals surface area contributed by atoms with Crippen LogP contribution in [0, 0.1) is 29.6 Å². The van der Waals surface area contributed by atoms with Gasteiger partial charge in [-0.3, -0.25) is 4.79 Å². The summed E-state index contributed by atoms with van der Waals surface area (Å²) in [5.74, 6) is 1.52. The lowest BCUT2D eigenvalue weighted by molar-refractivity contribution is -0.144. The van der Waals surface area contributed by atoms with E-state index in [0.717, 1.165) is 24.3 Å². The fourth-order valence-corrected chi connectivity index (χ4v) is 7.31. The number of hydrogen-bond acceptors (Lipinski definition) is 3. The van der Waals surface area contributed by atoms with Crippen molar-refractivity contribution in [2.45, 2.75) is 70.6 Å². The van der Waals surface area contributed by atoms with Gasteiger partial charge in [-0.15, -0.1) is 0 Å². The Kier molecular flexibility index (Phi) is 5.02. The average molecular weight is 424 g/mol. The van der Waals surface area contributed by atoms with Gasteiger partial charge in [0.1, 0.15) is 11.9 Å². The SMILES string of the molecule is C=C/C(=C\C=C(/C)N1C2[C@H]3C(C)OC(=O)C3CC3CC(C)CCC321)C1C=C(F)C=CC1. The maximum atomic E-state index is 13.7. The summed E-state index contributed by atoms with van der Waals surface area (Å²) in [7, 11) is 0. The quantitative estimate of drug-likeness (QED) is 0.322. The summed E-state index contributed by atoms with van der Waals surface area (Å²) in [4.78, 5) is 15.2. The summed E-state index contributed by atoms with van der Waals surface area (Å²) >= 11 is 0. The van der Waals surface area contributed by atoms with Gasteiger partial charge in [0.25, 0.3) is 0 Å². The van der Waals surface area contributed by atoms with Crippen molar-refractivity contribution in [3.05, 3.63) is 60.1 Å². The van der Waals surface area contributed by atoms with E-state index in [1.54, 1.807) is 6.08 Å². The van der Waals surface area contributed by atoms with Crippen LogP contribution in [0.25, 0.3) is 0 Å². The van der Waals surface area contributed by atoms with Crippen molar-refractivity contribution in [1.82, 2.24) is 4.90 Å². The third-order valence-electron chi connectivity index (χ3n) is 8.71. The number of likely N-dealkylation sites (tertiary alicyclic amines) is 1. The van der Waals surface area contributed by atoms with Crippen molar-refractivity contribution in [1.29, 1.82) is 0 Å². The van der Waals surface area contributed by atoms with E-state index in [-0.39, 0.29) is 35.3 Å². The van der Waals surface area contributed by atoms with Crippen LogP contribution in [0.3, 0.4) is 0 Å². The minimum atomic E-state index is -0.175. The molecule has 166 valence electrons. The number of nitrogens with zero attached hydrogens (tertiary/aromatic N) is 1. The number of hydrogen-bond donors (Lipinski definition) is 0. The standard InChI is InChI=1S/C27H34FNO2/c1-5-19(20-7-6-8-22(28)14-20)10-9-17(3)29-25-24-18(4)31-26(30)23(24)15-21-13-16(2)11-12-27(21,25)29/h5-6,8-10,14,16,18,20-21,23-25H,1,7,11-13,15H2,2-4H3/b17-9+,19-10+/t16?,18?,20?,21?,23?,24-,25?,27?,29?/m0/s1. The lowest BCUT2D eigenvalue weighted by atomic mass is 9.61. The molecule has 0 amide bonds. The highest BCUT2D eigenvalue weighted by Gasteiger charge is 2.75. The van der Waals surface area contributed by atoms with Crippen LogP contribution in [0.1, 0.15) is 52.9 Å². The Bertz CT molecular complexity index is 914.